The SMILES string of the molecule is C/C=C\c1c(/C=C(\C)C(c2ccc(C(C)(C)C)cc2)(c2ccc(C(C)(C)C)cc2)c2ccc(P(=O)(c3ccccc3)c3ccccc3)cc2)cc2ccccc2c1-c1ccccc1. The first-order valence-electron chi connectivity index (χ1n) is 22.2. The average molecular weight is 839 g/mol. The smallest absolute Gasteiger partial charge is 0.171 e. The summed E-state index contributed by atoms with van der Waals surface area (Å²) < 4.78 is 15.7. The van der Waals surface area contributed by atoms with Gasteiger partial charge in [-0.25, -0.2) is 0 Å². The second kappa shape index (κ2) is 17.5. The lowest BCUT2D eigenvalue weighted by Gasteiger charge is -2.38. The predicted molar refractivity (Wildman–Crippen MR) is 274 cm³/mol. The molecule has 0 amide bonds. The number of hydrogen-bond donors (Lipinski definition) is 0. The fourth-order valence-corrected chi connectivity index (χ4v) is 12.0. The number of allylic oxidation sites excluding steroid dienone is 2. The van der Waals surface area contributed by atoms with Crippen molar-refractivity contribution in [3.63, 3.8) is 0 Å². The first kappa shape index (κ1) is 43.4. The van der Waals surface area contributed by atoms with Crippen LogP contribution in [0.15, 0.2) is 206 Å². The number of benzene rings is 8. The molecule has 0 unspecified atom stereocenters. The molecule has 0 N–H and O–H groups in total. The summed E-state index contributed by atoms with van der Waals surface area (Å²) in [4.78, 5) is 0. The van der Waals surface area contributed by atoms with Gasteiger partial charge in [-0.3, -0.25) is 0 Å². The van der Waals surface area contributed by atoms with Crippen LogP contribution in [-0.4, -0.2) is 0 Å². The van der Waals surface area contributed by atoms with Gasteiger partial charge in [0.1, 0.15) is 0 Å². The van der Waals surface area contributed by atoms with Crippen molar-refractivity contribution in [3.05, 3.63) is 245 Å². The molecule has 0 bridgehead atoms. The number of fused-ring (bicyclic) bond motifs is 1. The highest BCUT2D eigenvalue weighted by Gasteiger charge is 2.40. The Kier molecular flexibility index (Phi) is 12.0. The monoisotopic (exact) mass is 838 g/mol. The Bertz CT molecular complexity index is 2840. The summed E-state index contributed by atoms with van der Waals surface area (Å²) in [6, 6.07) is 69.1. The van der Waals surface area contributed by atoms with E-state index in [0.717, 1.165) is 27.0 Å². The summed E-state index contributed by atoms with van der Waals surface area (Å²) in [6.45, 7) is 18.0. The van der Waals surface area contributed by atoms with Crippen molar-refractivity contribution in [2.45, 2.75) is 71.6 Å². The molecule has 2 heteroatoms. The van der Waals surface area contributed by atoms with Crippen LogP contribution in [0.3, 0.4) is 0 Å². The van der Waals surface area contributed by atoms with Gasteiger partial charge in [0.25, 0.3) is 0 Å². The normalized spacial score (nSPS) is 12.9. The molecule has 0 heterocycles. The summed E-state index contributed by atoms with van der Waals surface area (Å²) in [5.41, 5.74) is 11.2. The third kappa shape index (κ3) is 8.24. The summed E-state index contributed by atoms with van der Waals surface area (Å²) in [7, 11) is -3.22. The molecule has 63 heavy (non-hydrogen) atoms. The lowest BCUT2D eigenvalue weighted by atomic mass is 9.64. The van der Waals surface area contributed by atoms with Gasteiger partial charge in [-0.1, -0.05) is 253 Å². The van der Waals surface area contributed by atoms with Gasteiger partial charge in [0.05, 0.1) is 5.41 Å². The Balaban J connectivity index is 1.45. The molecular formula is C61H59OP. The van der Waals surface area contributed by atoms with Crippen LogP contribution in [0.4, 0.5) is 0 Å². The van der Waals surface area contributed by atoms with E-state index >= 15 is 4.57 Å². The van der Waals surface area contributed by atoms with Crippen LogP contribution >= 0.6 is 7.14 Å². The molecule has 1 nitrogen and oxygen atoms in total. The van der Waals surface area contributed by atoms with Gasteiger partial charge in [0.2, 0.25) is 0 Å². The van der Waals surface area contributed by atoms with Crippen LogP contribution in [-0.2, 0) is 20.8 Å². The maximum absolute atomic E-state index is 15.7. The third-order valence-corrected chi connectivity index (χ3v) is 15.8. The maximum atomic E-state index is 15.7. The van der Waals surface area contributed by atoms with E-state index in [9.17, 15) is 0 Å². The highest BCUT2D eigenvalue weighted by molar-refractivity contribution is 7.85. The van der Waals surface area contributed by atoms with E-state index in [1.54, 1.807) is 0 Å². The highest BCUT2D eigenvalue weighted by atomic mass is 31.2. The van der Waals surface area contributed by atoms with E-state index in [0.29, 0.717) is 0 Å². The molecule has 0 fully saturated rings. The van der Waals surface area contributed by atoms with Gasteiger partial charge in [-0.2, -0.15) is 0 Å². The summed E-state index contributed by atoms with van der Waals surface area (Å²) in [5.74, 6) is 0. The molecule has 8 aromatic rings. The van der Waals surface area contributed by atoms with Crippen molar-refractivity contribution in [2.24, 2.45) is 0 Å². The van der Waals surface area contributed by atoms with Crippen molar-refractivity contribution >= 4 is 46.0 Å². The molecule has 8 aromatic carbocycles. The van der Waals surface area contributed by atoms with E-state index < -0.39 is 12.6 Å². The molecule has 0 radical (unpaired) electrons. The summed E-state index contributed by atoms with van der Waals surface area (Å²) in [6.07, 6.45) is 6.85. The Hall–Kier alpha value is -6.27. The van der Waals surface area contributed by atoms with E-state index in [1.165, 1.54) is 55.3 Å². The van der Waals surface area contributed by atoms with E-state index in [1.807, 2.05) is 60.7 Å². The van der Waals surface area contributed by atoms with Crippen LogP contribution in [0.1, 0.15) is 94.3 Å². The minimum atomic E-state index is -3.22. The fourth-order valence-electron chi connectivity index (χ4n) is 9.38. The number of rotatable bonds is 10. The van der Waals surface area contributed by atoms with Crippen LogP contribution < -0.4 is 15.9 Å². The zero-order chi connectivity index (χ0) is 44.4. The van der Waals surface area contributed by atoms with Gasteiger partial charge in [0, 0.05) is 15.9 Å². The Morgan fingerprint density at radius 2 is 0.873 bits per heavy atom. The molecule has 0 saturated carbocycles. The quantitative estimate of drug-likeness (QED) is 0.0990. The predicted octanol–water partition coefficient (Wildman–Crippen LogP) is 15.2. The van der Waals surface area contributed by atoms with Crippen LogP contribution in [0.25, 0.3) is 34.1 Å². The lowest BCUT2D eigenvalue weighted by molar-refractivity contribution is 0.588. The Morgan fingerprint density at radius 3 is 1.33 bits per heavy atom. The zero-order valence-corrected chi connectivity index (χ0v) is 39.0. The van der Waals surface area contributed by atoms with Crippen molar-refractivity contribution in [3.8, 4) is 11.1 Å². The molecule has 0 saturated heterocycles. The van der Waals surface area contributed by atoms with Crippen LogP contribution in [0.2, 0.25) is 0 Å². The molecule has 0 aliphatic carbocycles. The lowest BCUT2D eigenvalue weighted by Crippen LogP contribution is -2.32. The fraction of sp³-hybridized carbons (Fsp3) is 0.180. The van der Waals surface area contributed by atoms with Gasteiger partial charge in [-0.05, 0) is 91.6 Å². The van der Waals surface area contributed by atoms with E-state index in [4.69, 9.17) is 0 Å². The maximum Gasteiger partial charge on any atom is 0.171 e. The first-order valence-corrected chi connectivity index (χ1v) is 23.9. The second-order valence-electron chi connectivity index (χ2n) is 18.9. The van der Waals surface area contributed by atoms with Crippen molar-refractivity contribution in [2.75, 3.05) is 0 Å². The highest BCUT2D eigenvalue weighted by Crippen LogP contribution is 2.49. The van der Waals surface area contributed by atoms with Gasteiger partial charge < -0.3 is 4.57 Å². The van der Waals surface area contributed by atoms with Gasteiger partial charge in [-0.15, -0.1) is 0 Å². The Labute approximate surface area is 376 Å². The largest absolute Gasteiger partial charge is 0.309 e. The molecular weight excluding hydrogens is 780 g/mol. The zero-order valence-electron chi connectivity index (χ0n) is 38.1. The molecule has 0 aliphatic heterocycles. The number of hydrogen-bond acceptors (Lipinski definition) is 1. The summed E-state index contributed by atoms with van der Waals surface area (Å²) in [5, 5.41) is 4.88. The average Bonchev–Trinajstić information content (AvgIpc) is 3.30. The molecule has 0 aromatic heterocycles. The van der Waals surface area contributed by atoms with E-state index in [-0.39, 0.29) is 10.8 Å². The van der Waals surface area contributed by atoms with Crippen molar-refractivity contribution in [1.82, 2.24) is 0 Å². The van der Waals surface area contributed by atoms with Gasteiger partial charge in [0.15, 0.2) is 7.14 Å². The molecule has 0 spiro atoms. The van der Waals surface area contributed by atoms with Crippen LogP contribution in [0.5, 0.6) is 0 Å². The Morgan fingerprint density at radius 1 is 0.476 bits per heavy atom. The first-order chi connectivity index (χ1) is 30.3. The topological polar surface area (TPSA) is 17.1 Å². The molecule has 314 valence electrons. The standard InChI is InChI=1S/C61H59OP/c1-9-21-56-47(43-46-24-19-20-29-57(46)58(56)45-22-13-10-14-23-45)42-44(2)61(50-34-30-48(31-35-50)59(3,4)5,51-36-32-49(33-37-51)60(6,7)8)52-38-40-55(41-39-52)63(62,53-25-15-11-16-26-53)54-27-17-12-18-28-54/h9-43H,1-8H3/b21-9-,44-42+. The minimum Gasteiger partial charge on any atom is -0.309 e. The van der Waals surface area contributed by atoms with E-state index in [2.05, 4.69) is 207 Å². The molecule has 0 atom stereocenters. The molecule has 8 rings (SSSR count). The van der Waals surface area contributed by atoms with Crippen molar-refractivity contribution in [1.29, 1.82) is 0 Å². The third-order valence-electron chi connectivity index (χ3n) is 12.8. The minimum absolute atomic E-state index is 0.0154. The second-order valence-corrected chi connectivity index (χ2v) is 21.7. The summed E-state index contributed by atoms with van der Waals surface area (Å²) >= 11 is 0. The molecule has 0 aliphatic rings. The van der Waals surface area contributed by atoms with Crippen molar-refractivity contribution < 1.29 is 4.57 Å². The van der Waals surface area contributed by atoms with Crippen LogP contribution in [0, 0.1) is 0 Å². The van der Waals surface area contributed by atoms with Gasteiger partial charge >= 0.3 is 0 Å².